The van der Waals surface area contributed by atoms with Crippen molar-refractivity contribution in [3.63, 3.8) is 0 Å². The molecule has 0 fully saturated rings. The van der Waals surface area contributed by atoms with Crippen LogP contribution in [0.2, 0.25) is 0 Å². The molecule has 1 aliphatic heterocycles. The molecule has 3 aromatic carbocycles. The van der Waals surface area contributed by atoms with E-state index in [4.69, 9.17) is 0 Å². The summed E-state index contributed by atoms with van der Waals surface area (Å²) in [7, 11) is 0. The van der Waals surface area contributed by atoms with Crippen molar-refractivity contribution in [2.45, 2.75) is 12.1 Å². The van der Waals surface area contributed by atoms with Crippen LogP contribution in [0.4, 0.5) is 18.9 Å². The number of alkyl halides is 3. The molecule has 4 rings (SSSR count). The summed E-state index contributed by atoms with van der Waals surface area (Å²) >= 11 is 3.49. The second kappa shape index (κ2) is 6.85. The third kappa shape index (κ3) is 3.37. The number of rotatable bonds is 2. The van der Waals surface area contributed by atoms with Crippen molar-refractivity contribution in [2.24, 2.45) is 5.10 Å². The van der Waals surface area contributed by atoms with Crippen LogP contribution in [-0.4, -0.2) is 11.9 Å². The van der Waals surface area contributed by atoms with Gasteiger partial charge in [-0.15, -0.1) is 0 Å². The van der Waals surface area contributed by atoms with E-state index in [1.165, 1.54) is 5.01 Å². The molecule has 6 heteroatoms. The molecule has 0 amide bonds. The summed E-state index contributed by atoms with van der Waals surface area (Å²) in [6.07, 6.45) is -1.39. The van der Waals surface area contributed by atoms with Crippen LogP contribution in [0.3, 0.4) is 0 Å². The Bertz CT molecular complexity index is 1040. The Morgan fingerprint density at radius 1 is 0.852 bits per heavy atom. The minimum absolute atomic E-state index is 0.560. The smallest absolute Gasteiger partial charge is 0.240 e. The predicted octanol–water partition coefficient (Wildman–Crippen LogP) is 6.64. The van der Waals surface area contributed by atoms with Gasteiger partial charge in [0.2, 0.25) is 0 Å². The normalized spacial score (nSPS) is 17.3. The molecule has 0 aromatic heterocycles. The molecule has 0 saturated carbocycles. The highest BCUT2D eigenvalue weighted by molar-refractivity contribution is 9.10. The van der Waals surface area contributed by atoms with E-state index in [0.29, 0.717) is 11.3 Å². The standard InChI is InChI=1S/C21H14BrF3N2/c22-18-10-11-19(17-9-5-4-8-16(17)18)27-13-12-15(14-6-2-1-3-7-14)20(26-27)21(23,24)25/h1-13,15H. The largest absolute Gasteiger partial charge is 0.432 e. The average Bonchev–Trinajstić information content (AvgIpc) is 2.68. The van der Waals surface area contributed by atoms with Crippen molar-refractivity contribution in [1.82, 2.24) is 0 Å². The summed E-state index contributed by atoms with van der Waals surface area (Å²) in [6, 6.07) is 19.7. The zero-order chi connectivity index (χ0) is 19.0. The van der Waals surface area contributed by atoms with Gasteiger partial charge in [0.1, 0.15) is 0 Å². The van der Waals surface area contributed by atoms with Gasteiger partial charge in [-0.25, -0.2) is 5.01 Å². The number of anilines is 1. The van der Waals surface area contributed by atoms with E-state index in [0.717, 1.165) is 15.2 Å². The van der Waals surface area contributed by atoms with Crippen LogP contribution in [-0.2, 0) is 0 Å². The van der Waals surface area contributed by atoms with Crippen molar-refractivity contribution < 1.29 is 13.2 Å². The molecule has 0 radical (unpaired) electrons. The Kier molecular flexibility index (Phi) is 4.52. The Morgan fingerprint density at radius 3 is 2.22 bits per heavy atom. The molecule has 2 nitrogen and oxygen atoms in total. The number of hydrogen-bond acceptors (Lipinski definition) is 2. The number of fused-ring (bicyclic) bond motifs is 1. The summed E-state index contributed by atoms with van der Waals surface area (Å²) < 4.78 is 42.1. The summed E-state index contributed by atoms with van der Waals surface area (Å²) in [6.45, 7) is 0. The lowest BCUT2D eigenvalue weighted by Crippen LogP contribution is -2.34. The van der Waals surface area contributed by atoms with E-state index in [2.05, 4.69) is 21.0 Å². The molecule has 0 N–H and O–H groups in total. The van der Waals surface area contributed by atoms with E-state index in [1.54, 1.807) is 48.7 Å². The molecule has 0 aliphatic carbocycles. The van der Waals surface area contributed by atoms with Crippen molar-refractivity contribution in [1.29, 1.82) is 0 Å². The Labute approximate surface area is 162 Å². The van der Waals surface area contributed by atoms with E-state index in [1.807, 2.05) is 30.3 Å². The van der Waals surface area contributed by atoms with Gasteiger partial charge in [0, 0.05) is 16.1 Å². The van der Waals surface area contributed by atoms with Gasteiger partial charge in [0.05, 0.1) is 11.6 Å². The first-order valence-corrected chi connectivity index (χ1v) is 9.10. The molecular weight excluding hydrogens is 417 g/mol. The van der Waals surface area contributed by atoms with E-state index in [9.17, 15) is 13.2 Å². The first kappa shape index (κ1) is 17.8. The number of halogens is 4. The highest BCUT2D eigenvalue weighted by Gasteiger charge is 2.42. The van der Waals surface area contributed by atoms with Gasteiger partial charge in [-0.3, -0.25) is 0 Å². The average molecular weight is 431 g/mol. The Hall–Kier alpha value is -2.60. The van der Waals surface area contributed by atoms with Crippen molar-refractivity contribution in [3.8, 4) is 0 Å². The van der Waals surface area contributed by atoms with Gasteiger partial charge in [0.15, 0.2) is 5.71 Å². The van der Waals surface area contributed by atoms with Crippen molar-refractivity contribution in [3.05, 3.63) is 89.0 Å². The van der Waals surface area contributed by atoms with E-state index in [-0.39, 0.29) is 0 Å². The number of allylic oxidation sites excluding steroid dienone is 1. The fourth-order valence-electron chi connectivity index (χ4n) is 3.21. The van der Waals surface area contributed by atoms with E-state index < -0.39 is 17.8 Å². The lowest BCUT2D eigenvalue weighted by molar-refractivity contribution is -0.0611. The molecule has 1 aliphatic rings. The van der Waals surface area contributed by atoms with Gasteiger partial charge in [0.25, 0.3) is 0 Å². The molecular formula is C21H14BrF3N2. The summed E-state index contributed by atoms with van der Waals surface area (Å²) in [4.78, 5) is 0. The zero-order valence-electron chi connectivity index (χ0n) is 14.0. The molecule has 27 heavy (non-hydrogen) atoms. The number of hydrogen-bond donors (Lipinski definition) is 0. The third-order valence-electron chi connectivity index (χ3n) is 4.47. The van der Waals surface area contributed by atoms with Gasteiger partial charge >= 0.3 is 6.18 Å². The summed E-state index contributed by atoms with van der Waals surface area (Å²) in [5.74, 6) is -0.927. The maximum absolute atomic E-state index is 13.7. The van der Waals surface area contributed by atoms with Crippen LogP contribution in [0.1, 0.15) is 11.5 Å². The van der Waals surface area contributed by atoms with Gasteiger partial charge in [-0.2, -0.15) is 18.3 Å². The maximum Gasteiger partial charge on any atom is 0.432 e. The van der Waals surface area contributed by atoms with Crippen LogP contribution in [0.5, 0.6) is 0 Å². The lowest BCUT2D eigenvalue weighted by atomic mass is 9.92. The van der Waals surface area contributed by atoms with Crippen LogP contribution in [0.25, 0.3) is 10.8 Å². The molecule has 1 heterocycles. The minimum atomic E-state index is -4.53. The van der Waals surface area contributed by atoms with Gasteiger partial charge in [-0.05, 0) is 23.1 Å². The SMILES string of the molecule is FC(F)(F)C1=NN(c2ccc(Br)c3ccccc23)C=CC1c1ccccc1. The highest BCUT2D eigenvalue weighted by atomic mass is 79.9. The van der Waals surface area contributed by atoms with Gasteiger partial charge < -0.3 is 0 Å². The van der Waals surface area contributed by atoms with Crippen LogP contribution >= 0.6 is 15.9 Å². The zero-order valence-corrected chi connectivity index (χ0v) is 15.6. The third-order valence-corrected chi connectivity index (χ3v) is 5.17. The van der Waals surface area contributed by atoms with Crippen molar-refractivity contribution in [2.75, 3.05) is 5.01 Å². The first-order valence-electron chi connectivity index (χ1n) is 8.30. The predicted molar refractivity (Wildman–Crippen MR) is 106 cm³/mol. The maximum atomic E-state index is 13.7. The molecule has 1 unspecified atom stereocenters. The molecule has 0 saturated heterocycles. The summed E-state index contributed by atoms with van der Waals surface area (Å²) in [5, 5.41) is 7.02. The first-order chi connectivity index (χ1) is 12.9. The Balaban J connectivity index is 1.83. The Morgan fingerprint density at radius 2 is 1.52 bits per heavy atom. The monoisotopic (exact) mass is 430 g/mol. The quantitative estimate of drug-likeness (QED) is 0.444. The fraction of sp³-hybridized carbons (Fsp3) is 0.0952. The molecule has 0 spiro atoms. The highest BCUT2D eigenvalue weighted by Crippen LogP contribution is 2.37. The van der Waals surface area contributed by atoms with Gasteiger partial charge in [-0.1, -0.05) is 76.6 Å². The van der Waals surface area contributed by atoms with Crippen LogP contribution in [0.15, 0.2) is 88.6 Å². The lowest BCUT2D eigenvalue weighted by Gasteiger charge is -2.28. The molecule has 0 bridgehead atoms. The molecule has 3 aromatic rings. The minimum Gasteiger partial charge on any atom is -0.240 e. The number of nitrogens with zero attached hydrogens (tertiary/aromatic N) is 2. The van der Waals surface area contributed by atoms with Crippen LogP contribution in [0, 0.1) is 0 Å². The fourth-order valence-corrected chi connectivity index (χ4v) is 3.69. The number of hydrazone groups is 1. The number of benzene rings is 3. The topological polar surface area (TPSA) is 15.6 Å². The molecule has 136 valence electrons. The summed E-state index contributed by atoms with van der Waals surface area (Å²) in [5.41, 5.74) is 0.326. The second-order valence-corrected chi connectivity index (χ2v) is 7.02. The van der Waals surface area contributed by atoms with Crippen LogP contribution < -0.4 is 5.01 Å². The van der Waals surface area contributed by atoms with E-state index >= 15 is 0 Å². The second-order valence-electron chi connectivity index (χ2n) is 6.17. The molecule has 1 atom stereocenters. The van der Waals surface area contributed by atoms with Crippen molar-refractivity contribution >= 4 is 38.1 Å².